The van der Waals surface area contributed by atoms with Gasteiger partial charge >= 0.3 is 6.09 Å². The lowest BCUT2D eigenvalue weighted by atomic mass is 9.80. The number of nitrogens with one attached hydrogen (secondary N) is 1. The Bertz CT molecular complexity index is 516. The molecule has 1 amide bonds. The molecule has 9 heteroatoms. The summed E-state index contributed by atoms with van der Waals surface area (Å²) >= 11 is 3.06. The lowest BCUT2D eigenvalue weighted by Crippen LogP contribution is -2.49. The van der Waals surface area contributed by atoms with E-state index in [-0.39, 0.29) is 15.8 Å². The molecule has 152 valence electrons. The van der Waals surface area contributed by atoms with E-state index in [0.29, 0.717) is 12.5 Å². The summed E-state index contributed by atoms with van der Waals surface area (Å²) in [5, 5.41) is 2.85. The first-order valence-corrected chi connectivity index (χ1v) is 9.68. The minimum absolute atomic E-state index is 0.0104. The number of guanidine groups is 1. The van der Waals surface area contributed by atoms with Crippen LogP contribution in [0.15, 0.2) is 15.4 Å². The van der Waals surface area contributed by atoms with E-state index >= 15 is 0 Å². The summed E-state index contributed by atoms with van der Waals surface area (Å²) in [6.45, 7) is 13.7. The molecule has 0 aromatic heterocycles. The van der Waals surface area contributed by atoms with Crippen LogP contribution in [0.5, 0.6) is 0 Å². The molecular formula is C17H35BrN6O2. The Morgan fingerprint density at radius 2 is 1.73 bits per heavy atom. The third-order valence-electron chi connectivity index (χ3n) is 3.83. The lowest BCUT2D eigenvalue weighted by molar-refractivity contribution is 0.0483. The second-order valence-corrected chi connectivity index (χ2v) is 8.21. The zero-order valence-electron chi connectivity index (χ0n) is 16.9. The normalized spacial score (nSPS) is 18.3. The van der Waals surface area contributed by atoms with E-state index in [2.05, 4.69) is 33.2 Å². The largest absolute Gasteiger partial charge is 0.444 e. The number of ether oxygens (including phenoxy) is 1. The van der Waals surface area contributed by atoms with Gasteiger partial charge in [0, 0.05) is 19.6 Å². The number of nitrogens with two attached hydrogens (primary N) is 3. The van der Waals surface area contributed by atoms with Crippen LogP contribution in [0.1, 0.15) is 54.4 Å². The Morgan fingerprint density at radius 3 is 2.15 bits per heavy atom. The molecule has 0 aromatic carbocycles. The summed E-state index contributed by atoms with van der Waals surface area (Å²) in [5.41, 5.74) is 16.6. The van der Waals surface area contributed by atoms with Crippen molar-refractivity contribution in [2.75, 3.05) is 19.6 Å². The Labute approximate surface area is 165 Å². The van der Waals surface area contributed by atoms with Gasteiger partial charge in [0.1, 0.15) is 10.2 Å². The van der Waals surface area contributed by atoms with Crippen LogP contribution in [0.3, 0.4) is 0 Å². The van der Waals surface area contributed by atoms with E-state index in [9.17, 15) is 4.79 Å². The maximum absolute atomic E-state index is 11.8. The summed E-state index contributed by atoms with van der Waals surface area (Å²) in [6, 6.07) is 0. The van der Waals surface area contributed by atoms with Gasteiger partial charge in [-0.3, -0.25) is 0 Å². The maximum atomic E-state index is 11.8. The fraction of sp³-hybridized carbons (Fsp3) is 0.765. The molecule has 1 rings (SSSR count). The predicted octanol–water partition coefficient (Wildman–Crippen LogP) is 2.39. The number of rotatable bonds is 3. The molecule has 0 radical (unpaired) electrons. The lowest BCUT2D eigenvalue weighted by Gasteiger charge is -2.40. The highest BCUT2D eigenvalue weighted by Crippen LogP contribution is 2.30. The van der Waals surface area contributed by atoms with Crippen molar-refractivity contribution in [3.05, 3.63) is 10.4 Å². The van der Waals surface area contributed by atoms with Crippen LogP contribution in [0.25, 0.3) is 0 Å². The summed E-state index contributed by atoms with van der Waals surface area (Å²) < 4.78 is 5.52. The second kappa shape index (κ2) is 10.5. The van der Waals surface area contributed by atoms with Crippen LogP contribution in [-0.4, -0.2) is 42.2 Å². The average Bonchev–Trinajstić information content (AvgIpc) is 2.54. The molecule has 1 aliphatic rings. The standard InChI is InChI=1S/C15H29BrN6O2.C2H6/c1-14(2,3)24-13(23)20-9-15(4)5-7-22(8-6-15)12(19)21-11(18)10(16)17;1-2/h5-9,17-18H2,1-4H3,(H2,19,21)(H,20,23);1-2H3/b11-10-;. The summed E-state index contributed by atoms with van der Waals surface area (Å²) in [7, 11) is 0. The number of halogens is 1. The van der Waals surface area contributed by atoms with Crippen LogP contribution < -0.4 is 22.5 Å². The van der Waals surface area contributed by atoms with E-state index in [1.165, 1.54) is 0 Å². The highest BCUT2D eigenvalue weighted by Gasteiger charge is 2.31. The van der Waals surface area contributed by atoms with Crippen molar-refractivity contribution in [2.24, 2.45) is 27.6 Å². The van der Waals surface area contributed by atoms with E-state index in [4.69, 9.17) is 21.9 Å². The van der Waals surface area contributed by atoms with E-state index < -0.39 is 11.7 Å². The number of likely N-dealkylation sites (tertiary alicyclic amines) is 1. The number of nitrogens with zero attached hydrogens (tertiary/aromatic N) is 2. The molecule has 26 heavy (non-hydrogen) atoms. The number of aliphatic imine (C=N–C) groups is 1. The van der Waals surface area contributed by atoms with Crippen LogP contribution in [0.4, 0.5) is 4.79 Å². The Kier molecular flexibility index (Phi) is 9.83. The number of carbonyl (C=O) groups is 1. The Morgan fingerprint density at radius 1 is 1.23 bits per heavy atom. The number of amides is 1. The molecule has 1 fully saturated rings. The van der Waals surface area contributed by atoms with Gasteiger partial charge in [-0.05, 0) is 55.0 Å². The molecule has 0 atom stereocenters. The van der Waals surface area contributed by atoms with Crippen molar-refractivity contribution >= 4 is 28.0 Å². The van der Waals surface area contributed by atoms with Crippen molar-refractivity contribution in [1.82, 2.24) is 10.2 Å². The molecule has 0 unspecified atom stereocenters. The van der Waals surface area contributed by atoms with Crippen molar-refractivity contribution in [1.29, 1.82) is 0 Å². The van der Waals surface area contributed by atoms with Crippen molar-refractivity contribution in [3.8, 4) is 0 Å². The molecule has 0 spiro atoms. The van der Waals surface area contributed by atoms with Gasteiger partial charge in [-0.25, -0.2) is 4.79 Å². The molecule has 0 aromatic rings. The Hall–Kier alpha value is -1.64. The minimum Gasteiger partial charge on any atom is -0.444 e. The first-order valence-electron chi connectivity index (χ1n) is 8.88. The van der Waals surface area contributed by atoms with Gasteiger partial charge in [0.2, 0.25) is 0 Å². The summed E-state index contributed by atoms with van der Waals surface area (Å²) in [6.07, 6.45) is 1.34. The predicted molar refractivity (Wildman–Crippen MR) is 110 cm³/mol. The number of piperidine rings is 1. The smallest absolute Gasteiger partial charge is 0.407 e. The van der Waals surface area contributed by atoms with Crippen LogP contribution in [0.2, 0.25) is 0 Å². The molecule has 7 N–H and O–H groups in total. The van der Waals surface area contributed by atoms with Gasteiger partial charge in [-0.1, -0.05) is 20.8 Å². The van der Waals surface area contributed by atoms with Gasteiger partial charge in [0.15, 0.2) is 11.8 Å². The third-order valence-corrected chi connectivity index (χ3v) is 4.24. The van der Waals surface area contributed by atoms with Crippen molar-refractivity contribution in [3.63, 3.8) is 0 Å². The monoisotopic (exact) mass is 434 g/mol. The molecule has 1 saturated heterocycles. The molecule has 0 bridgehead atoms. The third kappa shape index (κ3) is 9.17. The van der Waals surface area contributed by atoms with Gasteiger partial charge in [0.25, 0.3) is 0 Å². The number of hydrogen-bond acceptors (Lipinski definition) is 5. The van der Waals surface area contributed by atoms with Gasteiger partial charge < -0.3 is 32.2 Å². The van der Waals surface area contributed by atoms with Crippen molar-refractivity contribution < 1.29 is 9.53 Å². The Balaban J connectivity index is 0.00000301. The van der Waals surface area contributed by atoms with E-state index in [1.54, 1.807) is 0 Å². The summed E-state index contributed by atoms with van der Waals surface area (Å²) in [4.78, 5) is 17.8. The average molecular weight is 435 g/mol. The molecule has 1 aliphatic heterocycles. The van der Waals surface area contributed by atoms with E-state index in [1.807, 2.05) is 39.5 Å². The van der Waals surface area contributed by atoms with Gasteiger partial charge in [0.05, 0.1) is 0 Å². The fourth-order valence-electron chi connectivity index (χ4n) is 2.30. The summed E-state index contributed by atoms with van der Waals surface area (Å²) in [5.74, 6) is 0.504. The quantitative estimate of drug-likeness (QED) is 0.306. The first kappa shape index (κ1) is 24.4. The minimum atomic E-state index is -0.496. The maximum Gasteiger partial charge on any atom is 0.407 e. The molecular weight excluding hydrogens is 400 g/mol. The molecule has 0 saturated carbocycles. The van der Waals surface area contributed by atoms with Crippen molar-refractivity contribution in [2.45, 2.75) is 60.0 Å². The zero-order valence-corrected chi connectivity index (χ0v) is 18.4. The van der Waals surface area contributed by atoms with Gasteiger partial charge in [-0.2, -0.15) is 4.99 Å². The van der Waals surface area contributed by atoms with Crippen LogP contribution in [0, 0.1) is 5.41 Å². The van der Waals surface area contributed by atoms with Crippen LogP contribution in [-0.2, 0) is 4.74 Å². The SMILES string of the molecule is CC.CC1(CNC(=O)OC(C)(C)C)CCN(/C(N)=N/C(N)=C(\N)Br)CC1. The second-order valence-electron chi connectivity index (χ2n) is 7.36. The van der Waals surface area contributed by atoms with Gasteiger partial charge in [-0.15, -0.1) is 0 Å². The highest BCUT2D eigenvalue weighted by molar-refractivity contribution is 9.11. The molecule has 1 heterocycles. The zero-order chi connectivity index (χ0) is 20.5. The first-order chi connectivity index (χ1) is 11.9. The van der Waals surface area contributed by atoms with E-state index in [0.717, 1.165) is 25.9 Å². The van der Waals surface area contributed by atoms with Crippen LogP contribution >= 0.6 is 15.9 Å². The topological polar surface area (TPSA) is 132 Å². The molecule has 8 nitrogen and oxygen atoms in total. The number of hydrogen-bond donors (Lipinski definition) is 4. The fourth-order valence-corrected chi connectivity index (χ4v) is 2.39. The number of alkyl carbamates (subject to hydrolysis) is 1. The highest BCUT2D eigenvalue weighted by atomic mass is 79.9. The number of carbonyl (C=O) groups excluding carboxylic acids is 1. The molecule has 0 aliphatic carbocycles.